The van der Waals surface area contributed by atoms with Gasteiger partial charge in [-0.3, -0.25) is 0 Å². The van der Waals surface area contributed by atoms with Gasteiger partial charge in [-0.2, -0.15) is 0 Å². The van der Waals surface area contributed by atoms with Gasteiger partial charge in [-0.1, -0.05) is 0 Å². The van der Waals surface area contributed by atoms with Gasteiger partial charge in [0.05, 0.1) is 0 Å². The number of hydrogen-bond acceptors (Lipinski definition) is 2. The summed E-state index contributed by atoms with van der Waals surface area (Å²) in [4.78, 5) is 0. The number of aryl methyl sites for hydroxylation is 1. The Balaban J connectivity index is 2.52. The SMILES string of the molecule is Cc1cc(N)cc2c1NC(C)C2. The Morgan fingerprint density at radius 3 is 3.00 bits per heavy atom. The molecule has 0 radical (unpaired) electrons. The third kappa shape index (κ3) is 1.04. The molecule has 0 spiro atoms. The summed E-state index contributed by atoms with van der Waals surface area (Å²) >= 11 is 0. The number of nitrogens with one attached hydrogen (secondary N) is 1. The highest BCUT2D eigenvalue weighted by atomic mass is 14.9. The summed E-state index contributed by atoms with van der Waals surface area (Å²) < 4.78 is 0. The zero-order valence-electron chi connectivity index (χ0n) is 7.52. The van der Waals surface area contributed by atoms with E-state index in [4.69, 9.17) is 5.73 Å². The fraction of sp³-hybridized carbons (Fsp3) is 0.400. The average molecular weight is 162 g/mol. The Morgan fingerprint density at radius 1 is 1.50 bits per heavy atom. The number of anilines is 2. The predicted molar refractivity (Wildman–Crippen MR) is 52.4 cm³/mol. The Hall–Kier alpha value is -1.18. The van der Waals surface area contributed by atoms with Gasteiger partial charge in [-0.15, -0.1) is 0 Å². The van der Waals surface area contributed by atoms with Crippen LogP contribution >= 0.6 is 0 Å². The summed E-state index contributed by atoms with van der Waals surface area (Å²) in [6, 6.07) is 4.64. The molecule has 0 bridgehead atoms. The van der Waals surface area contributed by atoms with E-state index in [-0.39, 0.29) is 0 Å². The van der Waals surface area contributed by atoms with Crippen LogP contribution < -0.4 is 11.1 Å². The Morgan fingerprint density at radius 2 is 2.25 bits per heavy atom. The fourth-order valence-electron chi connectivity index (χ4n) is 1.89. The first-order valence-electron chi connectivity index (χ1n) is 4.32. The van der Waals surface area contributed by atoms with E-state index < -0.39 is 0 Å². The zero-order chi connectivity index (χ0) is 8.72. The summed E-state index contributed by atoms with van der Waals surface area (Å²) in [5, 5.41) is 3.44. The van der Waals surface area contributed by atoms with Crippen LogP contribution in [-0.4, -0.2) is 6.04 Å². The lowest BCUT2D eigenvalue weighted by molar-refractivity contribution is 0.839. The van der Waals surface area contributed by atoms with Crippen molar-refractivity contribution >= 4 is 11.4 Å². The Kier molecular flexibility index (Phi) is 1.50. The van der Waals surface area contributed by atoms with Crippen LogP contribution in [0.3, 0.4) is 0 Å². The topological polar surface area (TPSA) is 38.0 Å². The van der Waals surface area contributed by atoms with E-state index >= 15 is 0 Å². The summed E-state index contributed by atoms with van der Waals surface area (Å²) in [6.07, 6.45) is 1.10. The summed E-state index contributed by atoms with van der Waals surface area (Å²) in [5.41, 5.74) is 10.5. The molecule has 1 atom stereocenters. The number of nitrogen functional groups attached to an aromatic ring is 1. The molecule has 1 aromatic carbocycles. The molecule has 12 heavy (non-hydrogen) atoms. The number of benzene rings is 1. The van der Waals surface area contributed by atoms with E-state index in [1.54, 1.807) is 0 Å². The monoisotopic (exact) mass is 162 g/mol. The number of rotatable bonds is 0. The zero-order valence-corrected chi connectivity index (χ0v) is 7.52. The molecule has 2 rings (SSSR count). The van der Waals surface area contributed by atoms with Gasteiger partial charge < -0.3 is 11.1 Å². The van der Waals surface area contributed by atoms with Crippen LogP contribution in [0, 0.1) is 6.92 Å². The molecular weight excluding hydrogens is 148 g/mol. The first kappa shape index (κ1) is 7.47. The predicted octanol–water partition coefficient (Wildman–Crippen LogP) is 1.93. The molecule has 0 aliphatic carbocycles. The van der Waals surface area contributed by atoms with Crippen molar-refractivity contribution in [3.8, 4) is 0 Å². The first-order valence-corrected chi connectivity index (χ1v) is 4.32. The van der Waals surface area contributed by atoms with Crippen LogP contribution in [0.25, 0.3) is 0 Å². The molecular formula is C10H14N2. The van der Waals surface area contributed by atoms with Gasteiger partial charge in [0.25, 0.3) is 0 Å². The van der Waals surface area contributed by atoms with E-state index in [0.717, 1.165) is 12.1 Å². The summed E-state index contributed by atoms with van der Waals surface area (Å²) in [5.74, 6) is 0. The third-order valence-electron chi connectivity index (χ3n) is 2.36. The molecule has 2 heteroatoms. The molecule has 1 unspecified atom stereocenters. The quantitative estimate of drug-likeness (QED) is 0.572. The molecule has 64 valence electrons. The minimum Gasteiger partial charge on any atom is -0.399 e. The number of nitrogens with two attached hydrogens (primary N) is 1. The van der Waals surface area contributed by atoms with Gasteiger partial charge in [0, 0.05) is 17.4 Å². The lowest BCUT2D eigenvalue weighted by Gasteiger charge is -2.06. The molecule has 1 aliphatic rings. The highest BCUT2D eigenvalue weighted by molar-refractivity contribution is 5.66. The minimum atomic E-state index is 0.556. The van der Waals surface area contributed by atoms with Crippen LogP contribution in [-0.2, 0) is 6.42 Å². The van der Waals surface area contributed by atoms with Gasteiger partial charge in [-0.25, -0.2) is 0 Å². The second-order valence-corrected chi connectivity index (χ2v) is 3.62. The molecule has 0 amide bonds. The van der Waals surface area contributed by atoms with Gasteiger partial charge in [-0.05, 0) is 43.5 Å². The van der Waals surface area contributed by atoms with E-state index in [1.165, 1.54) is 16.8 Å². The van der Waals surface area contributed by atoms with Crippen LogP contribution in [0.5, 0.6) is 0 Å². The lowest BCUT2D eigenvalue weighted by Crippen LogP contribution is -2.08. The molecule has 1 aliphatic heterocycles. The largest absolute Gasteiger partial charge is 0.399 e. The number of hydrogen-bond donors (Lipinski definition) is 2. The smallest absolute Gasteiger partial charge is 0.0406 e. The standard InChI is InChI=1S/C10H14N2/c1-6-3-9(11)5-8-4-7(2)12-10(6)8/h3,5,7,12H,4,11H2,1-2H3. The van der Waals surface area contributed by atoms with Gasteiger partial charge in [0.15, 0.2) is 0 Å². The minimum absolute atomic E-state index is 0.556. The van der Waals surface area contributed by atoms with Crippen LogP contribution in [0.2, 0.25) is 0 Å². The Labute approximate surface area is 72.8 Å². The maximum Gasteiger partial charge on any atom is 0.0406 e. The van der Waals surface area contributed by atoms with Gasteiger partial charge in [0.2, 0.25) is 0 Å². The Bertz CT molecular complexity index is 318. The summed E-state index contributed by atoms with van der Waals surface area (Å²) in [7, 11) is 0. The van der Waals surface area contributed by atoms with Crippen molar-refractivity contribution < 1.29 is 0 Å². The molecule has 1 aromatic rings. The number of fused-ring (bicyclic) bond motifs is 1. The lowest BCUT2D eigenvalue weighted by atomic mass is 10.1. The normalized spacial score (nSPS) is 20.3. The highest BCUT2D eigenvalue weighted by Gasteiger charge is 2.18. The van der Waals surface area contributed by atoms with Gasteiger partial charge >= 0.3 is 0 Å². The van der Waals surface area contributed by atoms with E-state index in [1.807, 2.05) is 6.07 Å². The first-order chi connectivity index (χ1) is 5.66. The van der Waals surface area contributed by atoms with Crippen molar-refractivity contribution in [2.45, 2.75) is 26.3 Å². The van der Waals surface area contributed by atoms with Crippen LogP contribution in [0.1, 0.15) is 18.1 Å². The van der Waals surface area contributed by atoms with Crippen molar-refractivity contribution in [1.82, 2.24) is 0 Å². The third-order valence-corrected chi connectivity index (χ3v) is 2.36. The second kappa shape index (κ2) is 2.41. The molecule has 0 saturated heterocycles. The van der Waals surface area contributed by atoms with Crippen molar-refractivity contribution in [2.24, 2.45) is 0 Å². The van der Waals surface area contributed by atoms with Crippen LogP contribution in [0.15, 0.2) is 12.1 Å². The van der Waals surface area contributed by atoms with Crippen molar-refractivity contribution in [1.29, 1.82) is 0 Å². The maximum atomic E-state index is 5.75. The van der Waals surface area contributed by atoms with Gasteiger partial charge in [0.1, 0.15) is 0 Å². The van der Waals surface area contributed by atoms with E-state index in [0.29, 0.717) is 6.04 Å². The second-order valence-electron chi connectivity index (χ2n) is 3.62. The van der Waals surface area contributed by atoms with Crippen molar-refractivity contribution in [3.05, 3.63) is 23.3 Å². The van der Waals surface area contributed by atoms with Crippen LogP contribution in [0.4, 0.5) is 11.4 Å². The molecule has 1 heterocycles. The molecule has 0 saturated carbocycles. The van der Waals surface area contributed by atoms with Crippen molar-refractivity contribution in [3.63, 3.8) is 0 Å². The molecule has 2 nitrogen and oxygen atoms in total. The molecule has 0 aromatic heterocycles. The molecule has 3 N–H and O–H groups in total. The van der Waals surface area contributed by atoms with E-state index in [9.17, 15) is 0 Å². The average Bonchev–Trinajstić information content (AvgIpc) is 2.29. The van der Waals surface area contributed by atoms with E-state index in [2.05, 4.69) is 25.2 Å². The highest BCUT2D eigenvalue weighted by Crippen LogP contribution is 2.30. The molecule has 0 fully saturated rings. The maximum absolute atomic E-state index is 5.75. The fourth-order valence-corrected chi connectivity index (χ4v) is 1.89. The van der Waals surface area contributed by atoms with Crippen molar-refractivity contribution in [2.75, 3.05) is 11.1 Å². The summed E-state index contributed by atoms with van der Waals surface area (Å²) in [6.45, 7) is 4.29.